The predicted octanol–water partition coefficient (Wildman–Crippen LogP) is 3.00. The number of benzene rings is 2. The van der Waals surface area contributed by atoms with Gasteiger partial charge in [-0.25, -0.2) is 0 Å². The SMILES string of the molecule is O=C(CN1CCC(NC(=O)CSc2ccccc2)CC1)Nc1ccccc1. The van der Waals surface area contributed by atoms with Crippen molar-refractivity contribution in [2.45, 2.75) is 23.8 Å². The summed E-state index contributed by atoms with van der Waals surface area (Å²) in [4.78, 5) is 27.5. The normalized spacial score (nSPS) is 15.3. The molecule has 2 aromatic rings. The monoisotopic (exact) mass is 383 g/mol. The lowest BCUT2D eigenvalue weighted by Gasteiger charge is -2.31. The van der Waals surface area contributed by atoms with Crippen molar-refractivity contribution in [3.63, 3.8) is 0 Å². The lowest BCUT2D eigenvalue weighted by atomic mass is 10.1. The van der Waals surface area contributed by atoms with E-state index >= 15 is 0 Å². The number of nitrogens with one attached hydrogen (secondary N) is 2. The number of piperidine rings is 1. The number of hydrogen-bond acceptors (Lipinski definition) is 4. The highest BCUT2D eigenvalue weighted by Crippen LogP contribution is 2.17. The zero-order chi connectivity index (χ0) is 18.9. The molecule has 0 atom stereocenters. The van der Waals surface area contributed by atoms with Crippen LogP contribution in [0.3, 0.4) is 0 Å². The minimum absolute atomic E-state index is 0.00273. The summed E-state index contributed by atoms with van der Waals surface area (Å²) in [6.45, 7) is 2.03. The molecule has 0 bridgehead atoms. The third-order valence-electron chi connectivity index (χ3n) is 4.49. The maximum Gasteiger partial charge on any atom is 0.238 e. The van der Waals surface area contributed by atoms with Gasteiger partial charge in [0, 0.05) is 29.7 Å². The molecule has 6 heteroatoms. The van der Waals surface area contributed by atoms with Crippen LogP contribution in [0.1, 0.15) is 12.8 Å². The average molecular weight is 384 g/mol. The number of carbonyl (C=O) groups excluding carboxylic acids is 2. The van der Waals surface area contributed by atoms with E-state index in [0.717, 1.165) is 36.5 Å². The summed E-state index contributed by atoms with van der Waals surface area (Å²) < 4.78 is 0. The van der Waals surface area contributed by atoms with Crippen molar-refractivity contribution in [1.82, 2.24) is 10.2 Å². The van der Waals surface area contributed by atoms with E-state index in [1.165, 1.54) is 0 Å². The number of para-hydroxylation sites is 1. The zero-order valence-corrected chi connectivity index (χ0v) is 16.1. The van der Waals surface area contributed by atoms with Crippen LogP contribution in [0.15, 0.2) is 65.6 Å². The molecule has 2 N–H and O–H groups in total. The lowest BCUT2D eigenvalue weighted by molar-refractivity contribution is -0.120. The smallest absolute Gasteiger partial charge is 0.238 e. The Morgan fingerprint density at radius 2 is 1.56 bits per heavy atom. The summed E-state index contributed by atoms with van der Waals surface area (Å²) >= 11 is 1.55. The summed E-state index contributed by atoms with van der Waals surface area (Å²) in [5, 5.41) is 6.03. The largest absolute Gasteiger partial charge is 0.353 e. The number of rotatable bonds is 7. The van der Waals surface area contributed by atoms with Gasteiger partial charge >= 0.3 is 0 Å². The van der Waals surface area contributed by atoms with Crippen LogP contribution in [-0.2, 0) is 9.59 Å². The van der Waals surface area contributed by atoms with Crippen molar-refractivity contribution in [3.8, 4) is 0 Å². The van der Waals surface area contributed by atoms with E-state index < -0.39 is 0 Å². The number of likely N-dealkylation sites (tertiary alicyclic amines) is 1. The Kier molecular flexibility index (Phi) is 7.30. The topological polar surface area (TPSA) is 61.4 Å². The Bertz CT molecular complexity index is 732. The van der Waals surface area contributed by atoms with Gasteiger partial charge in [-0.1, -0.05) is 36.4 Å². The fraction of sp³-hybridized carbons (Fsp3) is 0.333. The molecule has 1 aliphatic heterocycles. The van der Waals surface area contributed by atoms with Crippen LogP contribution >= 0.6 is 11.8 Å². The van der Waals surface area contributed by atoms with E-state index in [4.69, 9.17) is 0 Å². The summed E-state index contributed by atoms with van der Waals surface area (Å²) in [7, 11) is 0. The summed E-state index contributed by atoms with van der Waals surface area (Å²) in [5.41, 5.74) is 0.820. The van der Waals surface area contributed by atoms with Gasteiger partial charge in [0.05, 0.1) is 12.3 Å². The van der Waals surface area contributed by atoms with E-state index in [1.807, 2.05) is 60.7 Å². The minimum atomic E-state index is 0.00273. The second kappa shape index (κ2) is 10.1. The van der Waals surface area contributed by atoms with Crippen molar-refractivity contribution in [2.24, 2.45) is 0 Å². The Hall–Kier alpha value is -2.31. The van der Waals surface area contributed by atoms with Gasteiger partial charge in [0.25, 0.3) is 0 Å². The van der Waals surface area contributed by atoms with E-state index in [9.17, 15) is 9.59 Å². The Balaban J connectivity index is 1.33. The Morgan fingerprint density at radius 3 is 2.22 bits per heavy atom. The number of anilines is 1. The van der Waals surface area contributed by atoms with Crippen molar-refractivity contribution in [1.29, 1.82) is 0 Å². The number of carbonyl (C=O) groups is 2. The van der Waals surface area contributed by atoms with Gasteiger partial charge < -0.3 is 10.6 Å². The molecule has 5 nitrogen and oxygen atoms in total. The van der Waals surface area contributed by atoms with Gasteiger partial charge in [0.15, 0.2) is 0 Å². The average Bonchev–Trinajstić information content (AvgIpc) is 2.69. The maximum absolute atomic E-state index is 12.1. The molecular formula is C21H25N3O2S. The van der Waals surface area contributed by atoms with Crippen LogP contribution < -0.4 is 10.6 Å². The third kappa shape index (κ3) is 6.73. The first-order valence-corrected chi connectivity index (χ1v) is 10.2. The number of hydrogen-bond donors (Lipinski definition) is 2. The van der Waals surface area contributed by atoms with Crippen LogP contribution in [0.25, 0.3) is 0 Å². The first kappa shape index (κ1) is 19.5. The molecule has 1 saturated heterocycles. The molecule has 27 heavy (non-hydrogen) atoms. The summed E-state index contributed by atoms with van der Waals surface area (Å²) in [6.07, 6.45) is 1.75. The van der Waals surface area contributed by atoms with Crippen LogP contribution in [0, 0.1) is 0 Å². The van der Waals surface area contributed by atoms with Gasteiger partial charge in [-0.2, -0.15) is 0 Å². The second-order valence-electron chi connectivity index (χ2n) is 6.63. The molecule has 0 unspecified atom stereocenters. The fourth-order valence-electron chi connectivity index (χ4n) is 3.10. The van der Waals surface area contributed by atoms with Gasteiger partial charge in [0.1, 0.15) is 0 Å². The highest BCUT2D eigenvalue weighted by atomic mass is 32.2. The molecule has 0 aromatic heterocycles. The molecular weight excluding hydrogens is 358 g/mol. The van der Waals surface area contributed by atoms with Crippen molar-refractivity contribution >= 4 is 29.3 Å². The van der Waals surface area contributed by atoms with Crippen LogP contribution in [0.5, 0.6) is 0 Å². The number of nitrogens with zero attached hydrogens (tertiary/aromatic N) is 1. The number of amides is 2. The maximum atomic E-state index is 12.1. The zero-order valence-electron chi connectivity index (χ0n) is 15.3. The highest BCUT2D eigenvalue weighted by Gasteiger charge is 2.22. The fourth-order valence-corrected chi connectivity index (χ4v) is 3.83. The van der Waals surface area contributed by atoms with E-state index in [0.29, 0.717) is 12.3 Å². The molecule has 2 amide bonds. The molecule has 0 radical (unpaired) electrons. The highest BCUT2D eigenvalue weighted by molar-refractivity contribution is 8.00. The lowest BCUT2D eigenvalue weighted by Crippen LogP contribution is -2.47. The summed E-state index contributed by atoms with van der Waals surface area (Å²) in [6, 6.07) is 19.6. The molecule has 0 saturated carbocycles. The van der Waals surface area contributed by atoms with Gasteiger partial charge in [0.2, 0.25) is 11.8 Å². The molecule has 1 aliphatic rings. The van der Waals surface area contributed by atoms with E-state index in [1.54, 1.807) is 11.8 Å². The van der Waals surface area contributed by atoms with Gasteiger partial charge in [-0.3, -0.25) is 14.5 Å². The van der Waals surface area contributed by atoms with E-state index in [-0.39, 0.29) is 17.9 Å². The second-order valence-corrected chi connectivity index (χ2v) is 7.68. The first-order chi connectivity index (χ1) is 13.2. The molecule has 1 heterocycles. The summed E-state index contributed by atoms with van der Waals surface area (Å²) in [5.74, 6) is 0.510. The van der Waals surface area contributed by atoms with Crippen LogP contribution in [0.4, 0.5) is 5.69 Å². The predicted molar refractivity (Wildman–Crippen MR) is 110 cm³/mol. The van der Waals surface area contributed by atoms with Crippen molar-refractivity contribution in [3.05, 3.63) is 60.7 Å². The molecule has 142 valence electrons. The Labute approximate surface area is 164 Å². The number of thioether (sulfide) groups is 1. The minimum Gasteiger partial charge on any atom is -0.353 e. The quantitative estimate of drug-likeness (QED) is 0.722. The first-order valence-electron chi connectivity index (χ1n) is 9.23. The molecule has 3 rings (SSSR count). The molecule has 2 aromatic carbocycles. The van der Waals surface area contributed by atoms with Crippen molar-refractivity contribution in [2.75, 3.05) is 30.7 Å². The third-order valence-corrected chi connectivity index (χ3v) is 5.50. The van der Waals surface area contributed by atoms with Gasteiger partial charge in [-0.15, -0.1) is 11.8 Å². The molecule has 0 spiro atoms. The van der Waals surface area contributed by atoms with Crippen LogP contribution in [0.2, 0.25) is 0 Å². The van der Waals surface area contributed by atoms with E-state index in [2.05, 4.69) is 15.5 Å². The van der Waals surface area contributed by atoms with Crippen molar-refractivity contribution < 1.29 is 9.59 Å². The molecule has 1 fully saturated rings. The Morgan fingerprint density at radius 1 is 0.926 bits per heavy atom. The molecule has 0 aliphatic carbocycles. The standard InChI is InChI=1S/C21H25N3O2S/c25-20(22-17-7-3-1-4-8-17)15-24-13-11-18(12-14-24)23-21(26)16-27-19-9-5-2-6-10-19/h1-10,18H,11-16H2,(H,22,25)(H,23,26). The van der Waals surface area contributed by atoms with Crippen LogP contribution in [-0.4, -0.2) is 48.1 Å². The van der Waals surface area contributed by atoms with Gasteiger partial charge in [-0.05, 0) is 37.1 Å².